The third-order valence-corrected chi connectivity index (χ3v) is 4.88. The van der Waals surface area contributed by atoms with Crippen LogP contribution in [0.1, 0.15) is 15.9 Å². The molecule has 0 N–H and O–H groups in total. The van der Waals surface area contributed by atoms with Crippen molar-refractivity contribution in [1.82, 2.24) is 0 Å². The van der Waals surface area contributed by atoms with Gasteiger partial charge in [0.05, 0.1) is 25.2 Å². The van der Waals surface area contributed by atoms with Crippen LogP contribution in [0.4, 0.5) is 0 Å². The van der Waals surface area contributed by atoms with Crippen LogP contribution in [0.15, 0.2) is 75.9 Å². The molecule has 0 aliphatic carbocycles. The van der Waals surface area contributed by atoms with Gasteiger partial charge in [-0.3, -0.25) is 4.79 Å². The lowest BCUT2D eigenvalue weighted by atomic mass is 10.1. The third kappa shape index (κ3) is 4.00. The Hall–Kier alpha value is -4.06. The van der Waals surface area contributed by atoms with Gasteiger partial charge in [0.15, 0.2) is 5.76 Å². The second-order valence-electron chi connectivity index (χ2n) is 6.94. The predicted octanol–water partition coefficient (Wildman–Crippen LogP) is 5.00. The first kappa shape index (κ1) is 20.2. The minimum absolute atomic E-state index is 0.163. The molecule has 0 saturated carbocycles. The zero-order valence-corrected chi connectivity index (χ0v) is 17.3. The molecule has 156 valence electrons. The van der Waals surface area contributed by atoms with E-state index in [1.54, 1.807) is 67.8 Å². The summed E-state index contributed by atoms with van der Waals surface area (Å²) in [6, 6.07) is 18.7. The SMILES string of the molecule is COc1ccc(C(=O)Oc2c(-c3ccc(OC)cc3)oc3ccc(C)cc3c2=O)cc1. The first-order valence-corrected chi connectivity index (χ1v) is 9.58. The maximum absolute atomic E-state index is 13.3. The van der Waals surface area contributed by atoms with Crippen molar-refractivity contribution in [2.45, 2.75) is 6.92 Å². The number of aryl methyl sites for hydroxylation is 1. The van der Waals surface area contributed by atoms with Gasteiger partial charge in [0, 0.05) is 5.56 Å². The van der Waals surface area contributed by atoms with Crippen LogP contribution >= 0.6 is 0 Å². The Balaban J connectivity index is 1.84. The van der Waals surface area contributed by atoms with E-state index in [4.69, 9.17) is 18.6 Å². The molecule has 0 amide bonds. The van der Waals surface area contributed by atoms with E-state index in [2.05, 4.69) is 0 Å². The number of rotatable bonds is 5. The average Bonchev–Trinajstić information content (AvgIpc) is 2.81. The molecule has 0 fully saturated rings. The van der Waals surface area contributed by atoms with Crippen molar-refractivity contribution in [3.8, 4) is 28.6 Å². The van der Waals surface area contributed by atoms with E-state index in [-0.39, 0.29) is 17.1 Å². The summed E-state index contributed by atoms with van der Waals surface area (Å²) in [4.78, 5) is 26.1. The molecular weight excluding hydrogens is 396 g/mol. The Labute approximate surface area is 178 Å². The molecule has 0 saturated heterocycles. The molecule has 0 radical (unpaired) electrons. The van der Waals surface area contributed by atoms with Crippen molar-refractivity contribution in [2.75, 3.05) is 14.2 Å². The molecule has 3 aromatic carbocycles. The van der Waals surface area contributed by atoms with Gasteiger partial charge in [-0.2, -0.15) is 0 Å². The molecule has 6 nitrogen and oxygen atoms in total. The molecule has 6 heteroatoms. The van der Waals surface area contributed by atoms with Crippen LogP contribution in [-0.2, 0) is 0 Å². The molecule has 0 aliphatic heterocycles. The highest BCUT2D eigenvalue weighted by atomic mass is 16.5. The van der Waals surface area contributed by atoms with Crippen LogP contribution in [0, 0.1) is 6.92 Å². The highest BCUT2D eigenvalue weighted by Crippen LogP contribution is 2.32. The number of ether oxygens (including phenoxy) is 3. The van der Waals surface area contributed by atoms with Gasteiger partial charge in [-0.05, 0) is 67.6 Å². The van der Waals surface area contributed by atoms with Crippen LogP contribution < -0.4 is 19.6 Å². The third-order valence-electron chi connectivity index (χ3n) is 4.88. The Morgan fingerprint density at radius 3 is 2.06 bits per heavy atom. The smallest absolute Gasteiger partial charge is 0.343 e. The van der Waals surface area contributed by atoms with Crippen LogP contribution in [-0.4, -0.2) is 20.2 Å². The highest BCUT2D eigenvalue weighted by Gasteiger charge is 2.21. The topological polar surface area (TPSA) is 75.0 Å². The maximum atomic E-state index is 13.3. The van der Waals surface area contributed by atoms with E-state index in [9.17, 15) is 9.59 Å². The monoisotopic (exact) mass is 416 g/mol. The Bertz CT molecular complexity index is 1300. The normalized spacial score (nSPS) is 10.7. The number of carbonyl (C=O) groups excluding carboxylic acids is 1. The standard InChI is InChI=1S/C25H20O6/c1-15-4-13-21-20(14-15)22(26)24(23(30-21)16-5-9-18(28-2)10-6-16)31-25(27)17-7-11-19(29-3)12-8-17/h4-14H,1-3H3. The molecule has 0 unspecified atom stereocenters. The van der Waals surface area contributed by atoms with E-state index in [1.165, 1.54) is 7.11 Å². The van der Waals surface area contributed by atoms with Crippen LogP contribution in [0.2, 0.25) is 0 Å². The number of methoxy groups -OCH3 is 2. The van der Waals surface area contributed by atoms with E-state index in [0.29, 0.717) is 28.0 Å². The largest absolute Gasteiger partial charge is 0.497 e. The zero-order chi connectivity index (χ0) is 22.0. The summed E-state index contributed by atoms with van der Waals surface area (Å²) >= 11 is 0. The lowest BCUT2D eigenvalue weighted by molar-refractivity contribution is 0.0731. The van der Waals surface area contributed by atoms with E-state index < -0.39 is 11.4 Å². The number of hydrogen-bond acceptors (Lipinski definition) is 6. The summed E-state index contributed by atoms with van der Waals surface area (Å²) in [5.74, 6) is 0.599. The summed E-state index contributed by atoms with van der Waals surface area (Å²) in [6.07, 6.45) is 0. The lowest BCUT2D eigenvalue weighted by Crippen LogP contribution is -2.16. The van der Waals surface area contributed by atoms with Crippen molar-refractivity contribution >= 4 is 16.9 Å². The quantitative estimate of drug-likeness (QED) is 0.426. The van der Waals surface area contributed by atoms with Crippen molar-refractivity contribution < 1.29 is 23.4 Å². The van der Waals surface area contributed by atoms with E-state index in [1.807, 2.05) is 13.0 Å². The number of benzene rings is 3. The number of hydrogen-bond donors (Lipinski definition) is 0. The van der Waals surface area contributed by atoms with Gasteiger partial charge in [0.2, 0.25) is 11.2 Å². The summed E-state index contributed by atoms with van der Waals surface area (Å²) in [5, 5.41) is 0.342. The predicted molar refractivity (Wildman–Crippen MR) is 117 cm³/mol. The molecule has 0 aliphatic rings. The number of esters is 1. The summed E-state index contributed by atoms with van der Waals surface area (Å²) < 4.78 is 21.9. The number of fused-ring (bicyclic) bond motifs is 1. The summed E-state index contributed by atoms with van der Waals surface area (Å²) in [6.45, 7) is 1.87. The maximum Gasteiger partial charge on any atom is 0.343 e. The van der Waals surface area contributed by atoms with Gasteiger partial charge < -0.3 is 18.6 Å². The molecule has 0 atom stereocenters. The highest BCUT2D eigenvalue weighted by molar-refractivity contribution is 5.93. The lowest BCUT2D eigenvalue weighted by Gasteiger charge is -2.11. The van der Waals surface area contributed by atoms with Crippen LogP contribution in [0.3, 0.4) is 0 Å². The Kier molecular flexibility index (Phi) is 5.45. The molecule has 0 bridgehead atoms. The zero-order valence-electron chi connectivity index (χ0n) is 17.3. The Morgan fingerprint density at radius 2 is 1.45 bits per heavy atom. The van der Waals surface area contributed by atoms with Crippen LogP contribution in [0.5, 0.6) is 17.2 Å². The fourth-order valence-corrected chi connectivity index (χ4v) is 3.20. The van der Waals surface area contributed by atoms with Crippen molar-refractivity contribution in [2.24, 2.45) is 0 Å². The van der Waals surface area contributed by atoms with Crippen molar-refractivity contribution in [3.05, 3.63) is 88.1 Å². The molecule has 0 spiro atoms. The molecule has 31 heavy (non-hydrogen) atoms. The molecular formula is C25H20O6. The minimum atomic E-state index is -0.670. The Morgan fingerprint density at radius 1 is 0.839 bits per heavy atom. The molecule has 4 rings (SSSR count). The average molecular weight is 416 g/mol. The van der Waals surface area contributed by atoms with Crippen LogP contribution in [0.25, 0.3) is 22.3 Å². The summed E-state index contributed by atoms with van der Waals surface area (Å²) in [7, 11) is 3.10. The van der Waals surface area contributed by atoms with Gasteiger partial charge in [-0.1, -0.05) is 11.6 Å². The van der Waals surface area contributed by atoms with Crippen molar-refractivity contribution in [3.63, 3.8) is 0 Å². The molecule has 4 aromatic rings. The van der Waals surface area contributed by atoms with Gasteiger partial charge in [-0.25, -0.2) is 4.79 Å². The van der Waals surface area contributed by atoms with Gasteiger partial charge in [-0.15, -0.1) is 0 Å². The first-order chi connectivity index (χ1) is 15.0. The summed E-state index contributed by atoms with van der Waals surface area (Å²) in [5.41, 5.74) is 1.75. The second kappa shape index (κ2) is 8.36. The van der Waals surface area contributed by atoms with E-state index >= 15 is 0 Å². The fraction of sp³-hybridized carbons (Fsp3) is 0.120. The molecule has 1 aromatic heterocycles. The van der Waals surface area contributed by atoms with Crippen molar-refractivity contribution in [1.29, 1.82) is 0 Å². The molecule has 1 heterocycles. The minimum Gasteiger partial charge on any atom is -0.497 e. The second-order valence-corrected chi connectivity index (χ2v) is 6.94. The van der Waals surface area contributed by atoms with Gasteiger partial charge in [0.1, 0.15) is 17.1 Å². The van der Waals surface area contributed by atoms with E-state index in [0.717, 1.165) is 5.56 Å². The van der Waals surface area contributed by atoms with Gasteiger partial charge >= 0.3 is 5.97 Å². The first-order valence-electron chi connectivity index (χ1n) is 9.58. The van der Waals surface area contributed by atoms with Gasteiger partial charge in [0.25, 0.3) is 0 Å². The number of carbonyl (C=O) groups is 1. The fourth-order valence-electron chi connectivity index (χ4n) is 3.20.